The molecule has 1 aromatic carbocycles. The van der Waals surface area contributed by atoms with Crippen molar-refractivity contribution in [2.24, 2.45) is 12.2 Å². The van der Waals surface area contributed by atoms with E-state index in [1.165, 1.54) is 7.11 Å². The smallest absolute Gasteiger partial charge is 0.338 e. The van der Waals surface area contributed by atoms with Gasteiger partial charge in [-0.2, -0.15) is 5.10 Å². The summed E-state index contributed by atoms with van der Waals surface area (Å²) in [7, 11) is 3.28. The van der Waals surface area contributed by atoms with Crippen molar-refractivity contribution in [3.63, 3.8) is 0 Å². The number of esters is 1. The Kier molecular flexibility index (Phi) is 3.91. The average molecular weight is 327 g/mol. The molecule has 6 nitrogen and oxygen atoms in total. The average Bonchev–Trinajstić information content (AvgIpc) is 3.10. The second kappa shape index (κ2) is 5.78. The van der Waals surface area contributed by atoms with E-state index >= 15 is 0 Å². The molecule has 0 aliphatic carbocycles. The van der Waals surface area contributed by atoms with Crippen molar-refractivity contribution < 1.29 is 14.4 Å². The minimum absolute atomic E-state index is 0.348. The van der Waals surface area contributed by atoms with E-state index in [4.69, 9.17) is 9.57 Å². The molecule has 1 aliphatic rings. The van der Waals surface area contributed by atoms with Gasteiger partial charge in [-0.3, -0.25) is 4.68 Å². The van der Waals surface area contributed by atoms with Gasteiger partial charge in [-0.25, -0.2) is 4.79 Å². The Labute approximate surface area is 141 Å². The molecule has 1 atom stereocenters. The van der Waals surface area contributed by atoms with Gasteiger partial charge >= 0.3 is 5.97 Å². The highest BCUT2D eigenvalue weighted by Crippen LogP contribution is 2.36. The number of hydrogen-bond donors (Lipinski definition) is 0. The summed E-state index contributed by atoms with van der Waals surface area (Å²) in [6.07, 6.45) is 0.607. The fourth-order valence-electron chi connectivity index (χ4n) is 3.07. The maximum atomic E-state index is 11.9. The first-order valence-corrected chi connectivity index (χ1v) is 7.79. The van der Waals surface area contributed by atoms with E-state index in [1.807, 2.05) is 56.8 Å². The van der Waals surface area contributed by atoms with Gasteiger partial charge in [-0.15, -0.1) is 0 Å². The van der Waals surface area contributed by atoms with Crippen LogP contribution in [0.15, 0.2) is 29.4 Å². The van der Waals surface area contributed by atoms with Gasteiger partial charge in [0, 0.05) is 19.0 Å². The maximum absolute atomic E-state index is 11.9. The normalized spacial score (nSPS) is 19.8. The predicted molar refractivity (Wildman–Crippen MR) is 90.1 cm³/mol. The summed E-state index contributed by atoms with van der Waals surface area (Å²) in [6.45, 7) is 5.83. The molecule has 1 aromatic heterocycles. The van der Waals surface area contributed by atoms with E-state index in [-0.39, 0.29) is 5.97 Å². The second-order valence-electron chi connectivity index (χ2n) is 6.35. The Bertz CT molecular complexity index is 838. The van der Waals surface area contributed by atoms with Gasteiger partial charge in [0.15, 0.2) is 5.60 Å². The van der Waals surface area contributed by atoms with Crippen molar-refractivity contribution in [1.82, 2.24) is 9.78 Å². The van der Waals surface area contributed by atoms with Crippen LogP contribution in [0.3, 0.4) is 0 Å². The Morgan fingerprint density at radius 3 is 2.71 bits per heavy atom. The molecular formula is C18H21N3O3. The van der Waals surface area contributed by atoms with Crippen LogP contribution in [0.4, 0.5) is 0 Å². The minimum Gasteiger partial charge on any atom is -0.465 e. The summed E-state index contributed by atoms with van der Waals surface area (Å²) in [6, 6.07) is 7.66. The lowest BCUT2D eigenvalue weighted by Crippen LogP contribution is -2.25. The lowest BCUT2D eigenvalue weighted by atomic mass is 9.91. The van der Waals surface area contributed by atoms with Crippen molar-refractivity contribution in [3.05, 3.63) is 52.3 Å². The summed E-state index contributed by atoms with van der Waals surface area (Å²) in [5.74, 6) is -0.348. The van der Waals surface area contributed by atoms with E-state index in [2.05, 4.69) is 10.3 Å². The number of ether oxygens (including phenoxy) is 1. The van der Waals surface area contributed by atoms with Gasteiger partial charge in [0.1, 0.15) is 0 Å². The number of carbonyl (C=O) groups is 1. The SMILES string of the molecule is COC(=O)c1cc(C2=NOC(C)(c3cc(C)nn3C)C2)ccc1C. The molecule has 0 amide bonds. The lowest BCUT2D eigenvalue weighted by Gasteiger charge is -2.21. The van der Waals surface area contributed by atoms with Crippen molar-refractivity contribution in [1.29, 1.82) is 0 Å². The third-order valence-electron chi connectivity index (χ3n) is 4.38. The molecule has 0 bridgehead atoms. The molecule has 0 radical (unpaired) electrons. The largest absolute Gasteiger partial charge is 0.465 e. The van der Waals surface area contributed by atoms with Gasteiger partial charge in [0.2, 0.25) is 0 Å². The van der Waals surface area contributed by atoms with Crippen LogP contribution >= 0.6 is 0 Å². The van der Waals surface area contributed by atoms with Gasteiger partial charge in [0.05, 0.1) is 29.8 Å². The van der Waals surface area contributed by atoms with Crippen molar-refractivity contribution >= 4 is 11.7 Å². The highest BCUT2D eigenvalue weighted by Gasteiger charge is 2.39. The molecule has 1 unspecified atom stereocenters. The minimum atomic E-state index is -0.568. The first-order chi connectivity index (χ1) is 11.3. The van der Waals surface area contributed by atoms with Crippen LogP contribution in [0.2, 0.25) is 0 Å². The van der Waals surface area contributed by atoms with Gasteiger partial charge in [-0.05, 0) is 38.5 Å². The zero-order valence-corrected chi connectivity index (χ0v) is 14.6. The first-order valence-electron chi connectivity index (χ1n) is 7.79. The molecule has 0 spiro atoms. The monoisotopic (exact) mass is 327 g/mol. The Balaban J connectivity index is 1.91. The first kappa shape index (κ1) is 16.2. The molecule has 24 heavy (non-hydrogen) atoms. The van der Waals surface area contributed by atoms with Crippen LogP contribution in [0.5, 0.6) is 0 Å². The molecule has 126 valence electrons. The van der Waals surface area contributed by atoms with Crippen LogP contribution < -0.4 is 0 Å². The van der Waals surface area contributed by atoms with E-state index < -0.39 is 5.60 Å². The molecule has 0 N–H and O–H groups in total. The number of oxime groups is 1. The quantitative estimate of drug-likeness (QED) is 0.813. The summed E-state index contributed by atoms with van der Waals surface area (Å²) < 4.78 is 6.66. The number of methoxy groups -OCH3 is 1. The van der Waals surface area contributed by atoms with Crippen molar-refractivity contribution in [3.8, 4) is 0 Å². The highest BCUT2D eigenvalue weighted by atomic mass is 16.7. The van der Waals surface area contributed by atoms with E-state index in [0.29, 0.717) is 12.0 Å². The van der Waals surface area contributed by atoms with Gasteiger partial charge < -0.3 is 9.57 Å². The number of carbonyl (C=O) groups excluding carboxylic acids is 1. The van der Waals surface area contributed by atoms with Crippen LogP contribution in [-0.4, -0.2) is 28.6 Å². The molecule has 3 rings (SSSR count). The number of benzene rings is 1. The zero-order valence-electron chi connectivity index (χ0n) is 14.6. The van der Waals surface area contributed by atoms with Crippen LogP contribution in [0.1, 0.15) is 46.2 Å². The fourth-order valence-corrected chi connectivity index (χ4v) is 3.07. The van der Waals surface area contributed by atoms with Crippen LogP contribution in [0, 0.1) is 13.8 Å². The summed E-state index contributed by atoms with van der Waals surface area (Å²) in [5.41, 5.74) is 4.43. The molecule has 2 heterocycles. The number of aromatic nitrogens is 2. The Morgan fingerprint density at radius 2 is 2.08 bits per heavy atom. The molecular weight excluding hydrogens is 306 g/mol. The van der Waals surface area contributed by atoms with E-state index in [9.17, 15) is 4.79 Å². The summed E-state index contributed by atoms with van der Waals surface area (Å²) >= 11 is 0. The number of aryl methyl sites for hydroxylation is 3. The maximum Gasteiger partial charge on any atom is 0.338 e. The topological polar surface area (TPSA) is 65.7 Å². The van der Waals surface area contributed by atoms with Crippen molar-refractivity contribution in [2.75, 3.05) is 7.11 Å². The Hall–Kier alpha value is -2.63. The van der Waals surface area contributed by atoms with E-state index in [1.54, 1.807) is 0 Å². The third kappa shape index (κ3) is 2.68. The predicted octanol–water partition coefficient (Wildman–Crippen LogP) is 2.86. The zero-order chi connectivity index (χ0) is 17.5. The van der Waals surface area contributed by atoms with Crippen LogP contribution in [-0.2, 0) is 22.2 Å². The molecule has 0 saturated heterocycles. The number of nitrogens with zero attached hydrogens (tertiary/aromatic N) is 3. The highest BCUT2D eigenvalue weighted by molar-refractivity contribution is 6.03. The molecule has 2 aromatic rings. The Morgan fingerprint density at radius 1 is 1.33 bits per heavy atom. The third-order valence-corrected chi connectivity index (χ3v) is 4.38. The van der Waals surface area contributed by atoms with Crippen LogP contribution in [0.25, 0.3) is 0 Å². The summed E-state index contributed by atoms with van der Waals surface area (Å²) in [4.78, 5) is 17.6. The fraction of sp³-hybridized carbons (Fsp3) is 0.389. The standard InChI is InChI=1S/C18H21N3O3/c1-11-6-7-13(9-14(11)17(22)23-5)15-10-18(3,24-20-15)16-8-12(2)19-21(16)4/h6-9H,10H2,1-5H3. The molecule has 6 heteroatoms. The number of rotatable bonds is 3. The summed E-state index contributed by atoms with van der Waals surface area (Å²) in [5, 5.41) is 8.65. The molecule has 0 saturated carbocycles. The molecule has 1 aliphatic heterocycles. The van der Waals surface area contributed by atoms with Gasteiger partial charge in [0.25, 0.3) is 0 Å². The van der Waals surface area contributed by atoms with Crippen molar-refractivity contribution in [2.45, 2.75) is 32.8 Å². The molecule has 0 fully saturated rings. The number of hydrogen-bond acceptors (Lipinski definition) is 5. The van der Waals surface area contributed by atoms with Gasteiger partial charge in [-0.1, -0.05) is 17.3 Å². The van der Waals surface area contributed by atoms with E-state index in [0.717, 1.165) is 28.2 Å². The lowest BCUT2D eigenvalue weighted by molar-refractivity contribution is -0.0135. The second-order valence-corrected chi connectivity index (χ2v) is 6.35.